The second kappa shape index (κ2) is 2.65. The minimum atomic E-state index is -1.57. The zero-order valence-electron chi connectivity index (χ0n) is 7.23. The molecule has 1 rings (SSSR count). The van der Waals surface area contributed by atoms with Crippen LogP contribution >= 0.6 is 0 Å². The van der Waals surface area contributed by atoms with Crippen LogP contribution in [0.4, 0.5) is 0 Å². The largest absolute Gasteiger partial charge is 0.393 e. The molecule has 1 fully saturated rings. The van der Waals surface area contributed by atoms with Crippen molar-refractivity contribution >= 4 is 0 Å². The molecule has 1 aliphatic rings. The van der Waals surface area contributed by atoms with Crippen molar-refractivity contribution in [3.05, 3.63) is 0 Å². The Morgan fingerprint density at radius 2 is 1.50 bits per heavy atom. The second-order valence-corrected chi connectivity index (χ2v) is 3.81. The van der Waals surface area contributed by atoms with Crippen molar-refractivity contribution in [1.82, 2.24) is 5.06 Å². The van der Waals surface area contributed by atoms with E-state index in [2.05, 4.69) is 0 Å². The number of aliphatic hydroxyl groups is 3. The van der Waals surface area contributed by atoms with Crippen molar-refractivity contribution in [1.29, 1.82) is 0 Å². The van der Waals surface area contributed by atoms with E-state index in [9.17, 15) is 20.5 Å². The third-order valence-corrected chi connectivity index (χ3v) is 2.16. The lowest BCUT2D eigenvalue weighted by molar-refractivity contribution is -0.380. The van der Waals surface area contributed by atoms with Crippen molar-refractivity contribution in [2.45, 2.75) is 44.2 Å². The monoisotopic (exact) mass is 177 g/mol. The fraction of sp³-hybridized carbons (Fsp3) is 1.00. The molecule has 1 saturated heterocycles. The Morgan fingerprint density at radius 3 is 1.83 bits per heavy atom. The van der Waals surface area contributed by atoms with E-state index >= 15 is 0 Å². The first kappa shape index (κ1) is 9.88. The molecule has 2 atom stereocenters. The van der Waals surface area contributed by atoms with Crippen LogP contribution in [0.15, 0.2) is 0 Å². The van der Waals surface area contributed by atoms with Gasteiger partial charge in [-0.1, -0.05) is 0 Å². The number of aliphatic hydroxyl groups excluding tert-OH is 1. The third-order valence-electron chi connectivity index (χ3n) is 2.16. The molecule has 0 aromatic carbocycles. The highest BCUT2D eigenvalue weighted by molar-refractivity contribution is 4.88. The number of hydrogen-bond acceptors (Lipinski definition) is 5. The highest BCUT2D eigenvalue weighted by atomic mass is 16.6. The average Bonchev–Trinajstić information content (AvgIpc) is 1.80. The summed E-state index contributed by atoms with van der Waals surface area (Å²) in [7, 11) is 0. The fourth-order valence-corrected chi connectivity index (χ4v) is 1.66. The van der Waals surface area contributed by atoms with Crippen LogP contribution in [0.25, 0.3) is 0 Å². The summed E-state index contributed by atoms with van der Waals surface area (Å²) in [5, 5.41) is 38.0. The quantitative estimate of drug-likeness (QED) is 0.391. The molecule has 0 aliphatic carbocycles. The standard InChI is InChI=1S/C7H15NO4/c1-6(10)3-5(9)4-7(2,11)8(6)12/h5,9-12H,3-4H2,1-2H3. The summed E-state index contributed by atoms with van der Waals surface area (Å²) in [4.78, 5) is 0. The molecule has 0 radical (unpaired) electrons. The van der Waals surface area contributed by atoms with E-state index < -0.39 is 17.6 Å². The smallest absolute Gasteiger partial charge is 0.143 e. The van der Waals surface area contributed by atoms with Crippen LogP contribution in [0, 0.1) is 0 Å². The highest BCUT2D eigenvalue weighted by Gasteiger charge is 2.47. The molecule has 0 saturated carbocycles. The Balaban J connectivity index is 2.84. The minimum Gasteiger partial charge on any atom is -0.393 e. The summed E-state index contributed by atoms with van der Waals surface area (Å²) in [6, 6.07) is 0. The molecule has 0 aromatic heterocycles. The van der Waals surface area contributed by atoms with Crippen LogP contribution in [0.2, 0.25) is 0 Å². The average molecular weight is 177 g/mol. The first-order chi connectivity index (χ1) is 5.26. The molecule has 1 heterocycles. The Morgan fingerprint density at radius 1 is 1.17 bits per heavy atom. The molecular formula is C7H15NO4. The Labute approximate surface area is 70.8 Å². The van der Waals surface area contributed by atoms with Crippen molar-refractivity contribution in [2.24, 2.45) is 0 Å². The van der Waals surface area contributed by atoms with Crippen LogP contribution in [0.1, 0.15) is 26.7 Å². The van der Waals surface area contributed by atoms with Gasteiger partial charge in [0.2, 0.25) is 0 Å². The third kappa shape index (κ3) is 1.60. The molecule has 0 spiro atoms. The van der Waals surface area contributed by atoms with Gasteiger partial charge in [0.05, 0.1) is 6.10 Å². The van der Waals surface area contributed by atoms with Gasteiger partial charge in [0, 0.05) is 12.8 Å². The molecule has 5 heteroatoms. The molecule has 0 amide bonds. The predicted molar refractivity (Wildman–Crippen MR) is 40.1 cm³/mol. The van der Waals surface area contributed by atoms with Gasteiger partial charge >= 0.3 is 0 Å². The number of rotatable bonds is 0. The van der Waals surface area contributed by atoms with Gasteiger partial charge in [-0.3, -0.25) is 0 Å². The molecule has 2 unspecified atom stereocenters. The number of hydroxylamine groups is 2. The van der Waals surface area contributed by atoms with Gasteiger partial charge in [0.25, 0.3) is 0 Å². The molecule has 72 valence electrons. The van der Waals surface area contributed by atoms with E-state index in [-0.39, 0.29) is 12.8 Å². The Bertz CT molecular complexity index is 162. The maximum absolute atomic E-state index is 9.50. The first-order valence-electron chi connectivity index (χ1n) is 3.88. The van der Waals surface area contributed by atoms with E-state index in [0.29, 0.717) is 5.06 Å². The van der Waals surface area contributed by atoms with Gasteiger partial charge in [0.15, 0.2) is 0 Å². The first-order valence-corrected chi connectivity index (χ1v) is 3.88. The number of hydrogen-bond donors (Lipinski definition) is 4. The van der Waals surface area contributed by atoms with E-state index in [1.807, 2.05) is 0 Å². The zero-order chi connectivity index (χ0) is 9.57. The van der Waals surface area contributed by atoms with Crippen LogP contribution < -0.4 is 0 Å². The summed E-state index contributed by atoms with van der Waals surface area (Å²) in [5.41, 5.74) is -3.14. The molecule has 0 bridgehead atoms. The lowest BCUT2D eigenvalue weighted by atomic mass is 9.92. The van der Waals surface area contributed by atoms with Gasteiger partial charge in [-0.15, -0.1) is 5.06 Å². The molecule has 4 N–H and O–H groups in total. The summed E-state index contributed by atoms with van der Waals surface area (Å²) >= 11 is 0. The maximum atomic E-state index is 9.50. The topological polar surface area (TPSA) is 84.2 Å². The van der Waals surface area contributed by atoms with Gasteiger partial charge < -0.3 is 20.5 Å². The molecule has 12 heavy (non-hydrogen) atoms. The van der Waals surface area contributed by atoms with Crippen LogP contribution in [-0.4, -0.2) is 43.1 Å². The highest BCUT2D eigenvalue weighted by Crippen LogP contribution is 2.33. The van der Waals surface area contributed by atoms with Crippen LogP contribution in [-0.2, 0) is 0 Å². The number of nitrogens with zero attached hydrogens (tertiary/aromatic N) is 1. The maximum Gasteiger partial charge on any atom is 0.143 e. The van der Waals surface area contributed by atoms with Crippen molar-refractivity contribution in [3.8, 4) is 0 Å². The van der Waals surface area contributed by atoms with E-state index in [4.69, 9.17) is 0 Å². The van der Waals surface area contributed by atoms with E-state index in [1.54, 1.807) is 0 Å². The molecular weight excluding hydrogens is 162 g/mol. The van der Waals surface area contributed by atoms with E-state index in [1.165, 1.54) is 13.8 Å². The van der Waals surface area contributed by atoms with Gasteiger partial charge in [0.1, 0.15) is 11.4 Å². The second-order valence-electron chi connectivity index (χ2n) is 3.81. The summed E-state index contributed by atoms with van der Waals surface area (Å²) in [5.74, 6) is 0. The van der Waals surface area contributed by atoms with Crippen molar-refractivity contribution in [3.63, 3.8) is 0 Å². The SMILES string of the molecule is CC1(O)CC(O)CC(C)(O)N1O. The minimum absolute atomic E-state index is 0.0274. The molecule has 1 aliphatic heterocycles. The van der Waals surface area contributed by atoms with Gasteiger partial charge in [-0.05, 0) is 13.8 Å². The summed E-state index contributed by atoms with van der Waals surface area (Å²) < 4.78 is 0. The lowest BCUT2D eigenvalue weighted by Crippen LogP contribution is -2.62. The fourth-order valence-electron chi connectivity index (χ4n) is 1.66. The van der Waals surface area contributed by atoms with E-state index in [0.717, 1.165) is 0 Å². The summed E-state index contributed by atoms with van der Waals surface area (Å²) in [6.45, 7) is 2.67. The molecule has 5 nitrogen and oxygen atoms in total. The lowest BCUT2D eigenvalue weighted by Gasteiger charge is -2.47. The van der Waals surface area contributed by atoms with Crippen LogP contribution in [0.3, 0.4) is 0 Å². The normalized spacial score (nSPS) is 51.0. The van der Waals surface area contributed by atoms with Crippen molar-refractivity contribution in [2.75, 3.05) is 0 Å². The Kier molecular flexibility index (Phi) is 2.18. The Hall–Kier alpha value is -0.200. The predicted octanol–water partition coefficient (Wildman–Crippen LogP) is -0.751. The number of piperidine rings is 1. The summed E-state index contributed by atoms with van der Waals surface area (Å²) in [6.07, 6.45) is -0.738. The van der Waals surface area contributed by atoms with Crippen molar-refractivity contribution < 1.29 is 20.5 Å². The van der Waals surface area contributed by atoms with Gasteiger partial charge in [-0.2, -0.15) is 0 Å². The van der Waals surface area contributed by atoms with Crippen LogP contribution in [0.5, 0.6) is 0 Å². The molecule has 0 aromatic rings. The van der Waals surface area contributed by atoms with Gasteiger partial charge in [-0.25, -0.2) is 0 Å². The zero-order valence-corrected chi connectivity index (χ0v) is 7.23.